The molecule has 0 spiro atoms. The lowest BCUT2D eigenvalue weighted by atomic mass is 10.1. The number of aryl methyl sites for hydroxylation is 1. The predicted molar refractivity (Wildman–Crippen MR) is 152 cm³/mol. The average Bonchev–Trinajstić information content (AvgIpc) is 3.16. The molecule has 1 amide bonds. The van der Waals surface area contributed by atoms with E-state index in [2.05, 4.69) is 27.6 Å². The summed E-state index contributed by atoms with van der Waals surface area (Å²) in [6, 6.07) is 22.3. The zero-order chi connectivity index (χ0) is 26.3. The summed E-state index contributed by atoms with van der Waals surface area (Å²) >= 11 is 18.5. The van der Waals surface area contributed by atoms with E-state index in [1.165, 1.54) is 12.1 Å². The number of nitrogens with zero attached hydrogens (tertiary/aromatic N) is 1. The first-order chi connectivity index (χ1) is 17.7. The molecule has 188 valence electrons. The quantitative estimate of drug-likeness (QED) is 0.218. The third-order valence-corrected chi connectivity index (χ3v) is 8.37. The molecule has 1 aromatic heterocycles. The van der Waals surface area contributed by atoms with Crippen molar-refractivity contribution in [3.05, 3.63) is 99.5 Å². The second-order valence-electron chi connectivity index (χ2n) is 8.33. The van der Waals surface area contributed by atoms with E-state index in [1.807, 2.05) is 30.3 Å². The molecule has 0 unspecified atom stereocenters. The van der Waals surface area contributed by atoms with Gasteiger partial charge in [0.15, 0.2) is 0 Å². The molecule has 2 N–H and O–H groups in total. The minimum absolute atomic E-state index is 0.0212. The summed E-state index contributed by atoms with van der Waals surface area (Å²) < 4.78 is 30.8. The van der Waals surface area contributed by atoms with E-state index in [0.29, 0.717) is 10.7 Å². The minimum atomic E-state index is -4.14. The molecular formula is C27H20Cl3N3O3S. The zero-order valence-electron chi connectivity index (χ0n) is 19.4. The first-order valence-electron chi connectivity index (χ1n) is 11.3. The summed E-state index contributed by atoms with van der Waals surface area (Å²) in [5.41, 5.74) is 2.92. The van der Waals surface area contributed by atoms with E-state index in [0.717, 1.165) is 34.4 Å². The van der Waals surface area contributed by atoms with E-state index in [4.69, 9.17) is 34.8 Å². The second kappa shape index (κ2) is 9.91. The number of hydrogen-bond donors (Lipinski definition) is 2. The maximum Gasteiger partial charge on any atom is 0.263 e. The van der Waals surface area contributed by atoms with Crippen LogP contribution in [0.1, 0.15) is 17.3 Å². The van der Waals surface area contributed by atoms with Crippen molar-refractivity contribution in [2.45, 2.75) is 18.4 Å². The highest BCUT2D eigenvalue weighted by atomic mass is 35.5. The van der Waals surface area contributed by atoms with Crippen molar-refractivity contribution in [2.24, 2.45) is 0 Å². The first kappa shape index (κ1) is 25.4. The highest BCUT2D eigenvalue weighted by Crippen LogP contribution is 2.33. The summed E-state index contributed by atoms with van der Waals surface area (Å²) in [6.07, 6.45) is 0. The van der Waals surface area contributed by atoms with Crippen molar-refractivity contribution in [3.63, 3.8) is 0 Å². The maximum absolute atomic E-state index is 13.2. The number of sulfonamides is 1. The minimum Gasteiger partial charge on any atom is -0.341 e. The Kier molecular flexibility index (Phi) is 6.81. The summed E-state index contributed by atoms with van der Waals surface area (Å²) in [5.74, 6) is -0.570. The van der Waals surface area contributed by atoms with Crippen LogP contribution in [0.25, 0.3) is 21.8 Å². The number of para-hydroxylation sites is 1. The van der Waals surface area contributed by atoms with Gasteiger partial charge in [-0.3, -0.25) is 9.52 Å². The molecule has 6 nitrogen and oxygen atoms in total. The number of amides is 1. The van der Waals surface area contributed by atoms with Crippen LogP contribution in [0, 0.1) is 0 Å². The standard InChI is InChI=1S/C27H20Cl3N3O3S/c1-2-33-24-9-4-3-8-19(24)20-13-17(10-11-25(20)33)31-27(34)21-14-26(23(30)15-22(21)29)37(35,36)32-18-7-5-6-16(28)12-18/h3-15,32H,2H2,1H3,(H,31,34). The molecule has 10 heteroatoms. The highest BCUT2D eigenvalue weighted by molar-refractivity contribution is 7.92. The van der Waals surface area contributed by atoms with Gasteiger partial charge in [0.25, 0.3) is 15.9 Å². The van der Waals surface area contributed by atoms with Crippen molar-refractivity contribution >= 4 is 83.9 Å². The number of halogens is 3. The molecule has 0 aliphatic rings. The largest absolute Gasteiger partial charge is 0.341 e. The topological polar surface area (TPSA) is 80.2 Å². The molecule has 0 bridgehead atoms. The van der Waals surface area contributed by atoms with Crippen molar-refractivity contribution in [2.75, 3.05) is 10.0 Å². The molecule has 0 saturated carbocycles. The summed E-state index contributed by atoms with van der Waals surface area (Å²) in [6.45, 7) is 2.88. The molecule has 4 aromatic carbocycles. The number of carbonyl (C=O) groups excluding carboxylic acids is 1. The van der Waals surface area contributed by atoms with Gasteiger partial charge in [0.2, 0.25) is 0 Å². The Labute approximate surface area is 228 Å². The van der Waals surface area contributed by atoms with Gasteiger partial charge < -0.3 is 9.88 Å². The number of anilines is 2. The van der Waals surface area contributed by atoms with Gasteiger partial charge >= 0.3 is 0 Å². The van der Waals surface area contributed by atoms with E-state index in [9.17, 15) is 13.2 Å². The molecule has 0 fully saturated rings. The van der Waals surface area contributed by atoms with Gasteiger partial charge in [-0.25, -0.2) is 8.42 Å². The van der Waals surface area contributed by atoms with Crippen LogP contribution in [0.15, 0.2) is 83.8 Å². The van der Waals surface area contributed by atoms with Gasteiger partial charge in [-0.05, 0) is 61.5 Å². The molecule has 37 heavy (non-hydrogen) atoms. The van der Waals surface area contributed by atoms with Gasteiger partial charge in [0, 0.05) is 39.1 Å². The van der Waals surface area contributed by atoms with Crippen LogP contribution in [0.5, 0.6) is 0 Å². The van der Waals surface area contributed by atoms with Gasteiger partial charge in [0.1, 0.15) is 4.90 Å². The van der Waals surface area contributed by atoms with Crippen molar-refractivity contribution in [1.29, 1.82) is 0 Å². The molecule has 0 radical (unpaired) electrons. The van der Waals surface area contributed by atoms with E-state index in [1.54, 1.807) is 24.3 Å². The lowest BCUT2D eigenvalue weighted by Crippen LogP contribution is -2.17. The van der Waals surface area contributed by atoms with Crippen LogP contribution < -0.4 is 10.0 Å². The zero-order valence-corrected chi connectivity index (χ0v) is 22.5. The number of carbonyl (C=O) groups is 1. The third-order valence-electron chi connectivity index (χ3n) is 5.98. The molecule has 0 aliphatic heterocycles. The Morgan fingerprint density at radius 3 is 2.32 bits per heavy atom. The van der Waals surface area contributed by atoms with Gasteiger partial charge in [-0.2, -0.15) is 0 Å². The van der Waals surface area contributed by atoms with Crippen molar-refractivity contribution in [3.8, 4) is 0 Å². The molecule has 0 saturated heterocycles. The number of aromatic nitrogens is 1. The molecule has 0 aliphatic carbocycles. The molecular weight excluding hydrogens is 553 g/mol. The fourth-order valence-corrected chi connectivity index (χ4v) is 6.44. The maximum atomic E-state index is 13.2. The molecule has 5 aromatic rings. The summed E-state index contributed by atoms with van der Waals surface area (Å²) in [7, 11) is -4.14. The Hall–Kier alpha value is -3.23. The Morgan fingerprint density at radius 1 is 0.811 bits per heavy atom. The highest BCUT2D eigenvalue weighted by Gasteiger charge is 2.23. The molecule has 0 atom stereocenters. The van der Waals surface area contributed by atoms with Crippen LogP contribution in [0.2, 0.25) is 15.1 Å². The molecule has 1 heterocycles. The van der Waals surface area contributed by atoms with Crippen LogP contribution in [0.4, 0.5) is 11.4 Å². The van der Waals surface area contributed by atoms with E-state index < -0.39 is 15.9 Å². The van der Waals surface area contributed by atoms with Crippen LogP contribution in [-0.4, -0.2) is 18.9 Å². The lowest BCUT2D eigenvalue weighted by molar-refractivity contribution is 0.102. The van der Waals surface area contributed by atoms with Crippen LogP contribution in [0.3, 0.4) is 0 Å². The van der Waals surface area contributed by atoms with Gasteiger partial charge in [0.05, 0.1) is 21.3 Å². The van der Waals surface area contributed by atoms with Crippen LogP contribution in [-0.2, 0) is 16.6 Å². The Morgan fingerprint density at radius 2 is 1.57 bits per heavy atom. The first-order valence-corrected chi connectivity index (χ1v) is 13.9. The number of fused-ring (bicyclic) bond motifs is 3. The Balaban J connectivity index is 1.49. The lowest BCUT2D eigenvalue weighted by Gasteiger charge is -2.13. The number of hydrogen-bond acceptors (Lipinski definition) is 3. The number of nitrogens with one attached hydrogen (secondary N) is 2. The molecule has 5 rings (SSSR count). The van der Waals surface area contributed by atoms with Gasteiger partial charge in [-0.15, -0.1) is 0 Å². The fourth-order valence-electron chi connectivity index (χ4n) is 4.34. The van der Waals surface area contributed by atoms with Crippen molar-refractivity contribution in [1.82, 2.24) is 4.57 Å². The monoisotopic (exact) mass is 571 g/mol. The fraction of sp³-hybridized carbons (Fsp3) is 0.0741. The average molecular weight is 573 g/mol. The van der Waals surface area contributed by atoms with Crippen LogP contribution >= 0.6 is 34.8 Å². The van der Waals surface area contributed by atoms with E-state index in [-0.39, 0.29) is 26.2 Å². The SMILES string of the molecule is CCn1c2ccccc2c2cc(NC(=O)c3cc(S(=O)(=O)Nc4cccc(Cl)c4)c(Cl)cc3Cl)ccc21. The third kappa shape index (κ3) is 4.88. The number of rotatable bonds is 6. The van der Waals surface area contributed by atoms with Crippen molar-refractivity contribution < 1.29 is 13.2 Å². The Bertz CT molecular complexity index is 1800. The smallest absolute Gasteiger partial charge is 0.263 e. The second-order valence-corrected chi connectivity index (χ2v) is 11.2. The van der Waals surface area contributed by atoms with E-state index >= 15 is 0 Å². The summed E-state index contributed by atoms with van der Waals surface area (Å²) in [4.78, 5) is 12.9. The number of benzene rings is 4. The summed E-state index contributed by atoms with van der Waals surface area (Å²) in [5, 5.41) is 5.16. The van der Waals surface area contributed by atoms with Gasteiger partial charge in [-0.1, -0.05) is 59.1 Å². The normalized spacial score (nSPS) is 11.7. The predicted octanol–water partition coefficient (Wildman–Crippen LogP) is 7.83.